The Morgan fingerprint density at radius 2 is 1.83 bits per heavy atom. The van der Waals surface area contributed by atoms with Gasteiger partial charge in [0.05, 0.1) is 5.69 Å². The SMILES string of the molecule is Cc1ccc(N(N)C(N)=O)cc1. The monoisotopic (exact) mass is 165 g/mol. The molecule has 4 nitrogen and oxygen atoms in total. The maximum atomic E-state index is 10.6. The summed E-state index contributed by atoms with van der Waals surface area (Å²) in [5.41, 5.74) is 6.67. The van der Waals surface area contributed by atoms with E-state index in [9.17, 15) is 4.79 Å². The Morgan fingerprint density at radius 3 is 2.25 bits per heavy atom. The van der Waals surface area contributed by atoms with E-state index in [-0.39, 0.29) is 0 Å². The van der Waals surface area contributed by atoms with Gasteiger partial charge >= 0.3 is 6.03 Å². The van der Waals surface area contributed by atoms with Crippen LogP contribution in [0.5, 0.6) is 0 Å². The minimum atomic E-state index is -0.668. The third-order valence-corrected chi connectivity index (χ3v) is 1.55. The molecule has 2 amide bonds. The molecule has 0 heterocycles. The van der Waals surface area contributed by atoms with Crippen LogP contribution in [0, 0.1) is 6.92 Å². The number of hydrazine groups is 1. The molecule has 0 aliphatic carbocycles. The van der Waals surface area contributed by atoms with Crippen LogP contribution in [0.15, 0.2) is 24.3 Å². The highest BCUT2D eigenvalue weighted by Gasteiger charge is 2.05. The number of nitrogens with zero attached hydrogens (tertiary/aromatic N) is 1. The van der Waals surface area contributed by atoms with Crippen molar-refractivity contribution in [3.8, 4) is 0 Å². The zero-order chi connectivity index (χ0) is 9.14. The summed E-state index contributed by atoms with van der Waals surface area (Å²) in [7, 11) is 0. The van der Waals surface area contributed by atoms with Gasteiger partial charge in [-0.15, -0.1) is 0 Å². The van der Waals surface area contributed by atoms with Crippen molar-refractivity contribution in [2.75, 3.05) is 5.01 Å². The molecule has 0 unspecified atom stereocenters. The summed E-state index contributed by atoms with van der Waals surface area (Å²) in [6, 6.07) is 6.52. The molecule has 4 N–H and O–H groups in total. The molecule has 0 fully saturated rings. The molecule has 0 radical (unpaired) electrons. The number of urea groups is 1. The highest BCUT2D eigenvalue weighted by Crippen LogP contribution is 2.10. The van der Waals surface area contributed by atoms with E-state index in [4.69, 9.17) is 11.6 Å². The average Bonchev–Trinajstić information content (AvgIpc) is 2.04. The van der Waals surface area contributed by atoms with E-state index in [1.165, 1.54) is 0 Å². The number of benzene rings is 1. The van der Waals surface area contributed by atoms with Crippen molar-refractivity contribution < 1.29 is 4.79 Å². The van der Waals surface area contributed by atoms with E-state index in [1.807, 2.05) is 19.1 Å². The van der Waals surface area contributed by atoms with Crippen molar-refractivity contribution in [2.24, 2.45) is 11.6 Å². The zero-order valence-corrected chi connectivity index (χ0v) is 6.82. The molecular formula is C8H11N3O. The lowest BCUT2D eigenvalue weighted by Gasteiger charge is -2.13. The van der Waals surface area contributed by atoms with Crippen LogP contribution in [-0.4, -0.2) is 6.03 Å². The molecule has 0 bridgehead atoms. The van der Waals surface area contributed by atoms with Gasteiger partial charge in [0.25, 0.3) is 0 Å². The molecule has 0 aliphatic rings. The molecule has 0 aromatic heterocycles. The second kappa shape index (κ2) is 3.23. The Kier molecular flexibility index (Phi) is 2.30. The molecule has 0 spiro atoms. The summed E-state index contributed by atoms with van der Waals surface area (Å²) in [5, 5.41) is 0.902. The predicted octanol–water partition coefficient (Wildman–Crippen LogP) is 0.754. The second-order valence-corrected chi connectivity index (χ2v) is 2.54. The number of carbonyl (C=O) groups excluding carboxylic acids is 1. The molecule has 64 valence electrons. The van der Waals surface area contributed by atoms with Gasteiger partial charge < -0.3 is 5.73 Å². The van der Waals surface area contributed by atoms with E-state index >= 15 is 0 Å². The number of hydrogen-bond donors (Lipinski definition) is 2. The van der Waals surface area contributed by atoms with Crippen LogP contribution in [0.2, 0.25) is 0 Å². The van der Waals surface area contributed by atoms with Gasteiger partial charge in [0.1, 0.15) is 0 Å². The Morgan fingerprint density at radius 1 is 1.33 bits per heavy atom. The molecule has 1 aromatic rings. The number of primary amides is 1. The van der Waals surface area contributed by atoms with E-state index in [1.54, 1.807) is 12.1 Å². The number of nitrogens with two attached hydrogens (primary N) is 2. The van der Waals surface area contributed by atoms with Crippen LogP contribution in [0.4, 0.5) is 10.5 Å². The lowest BCUT2D eigenvalue weighted by molar-refractivity contribution is 0.254. The fourth-order valence-electron chi connectivity index (χ4n) is 0.833. The zero-order valence-electron chi connectivity index (χ0n) is 6.82. The van der Waals surface area contributed by atoms with Crippen molar-refractivity contribution in [1.29, 1.82) is 0 Å². The fourth-order valence-corrected chi connectivity index (χ4v) is 0.833. The van der Waals surface area contributed by atoms with Crippen LogP contribution in [0.1, 0.15) is 5.56 Å². The summed E-state index contributed by atoms with van der Waals surface area (Å²) in [6.07, 6.45) is 0. The van der Waals surface area contributed by atoms with E-state index < -0.39 is 6.03 Å². The molecule has 0 atom stereocenters. The number of anilines is 1. The first-order chi connectivity index (χ1) is 5.61. The highest BCUT2D eigenvalue weighted by molar-refractivity contribution is 5.89. The van der Waals surface area contributed by atoms with E-state index in [0.29, 0.717) is 5.69 Å². The quantitative estimate of drug-likeness (QED) is 0.366. The van der Waals surface area contributed by atoms with Gasteiger partial charge in [0.2, 0.25) is 0 Å². The molecule has 1 rings (SSSR count). The number of aryl methyl sites for hydroxylation is 1. The summed E-state index contributed by atoms with van der Waals surface area (Å²) in [4.78, 5) is 10.6. The number of carbonyl (C=O) groups is 1. The number of hydrogen-bond acceptors (Lipinski definition) is 2. The van der Waals surface area contributed by atoms with E-state index in [0.717, 1.165) is 10.6 Å². The summed E-state index contributed by atoms with van der Waals surface area (Å²) in [5.74, 6) is 5.35. The normalized spacial score (nSPS) is 9.50. The Hall–Kier alpha value is -1.55. The Bertz CT molecular complexity index is 281. The number of amides is 2. The lowest BCUT2D eigenvalue weighted by atomic mass is 10.2. The third-order valence-electron chi connectivity index (χ3n) is 1.55. The Balaban J connectivity index is 2.89. The molecule has 0 saturated heterocycles. The molecule has 0 saturated carbocycles. The smallest absolute Gasteiger partial charge is 0.333 e. The molecule has 1 aromatic carbocycles. The van der Waals surface area contributed by atoms with Crippen molar-refractivity contribution in [2.45, 2.75) is 6.92 Å². The predicted molar refractivity (Wildman–Crippen MR) is 47.4 cm³/mol. The van der Waals surface area contributed by atoms with Crippen LogP contribution in [0.3, 0.4) is 0 Å². The highest BCUT2D eigenvalue weighted by atomic mass is 16.2. The topological polar surface area (TPSA) is 72.3 Å². The fraction of sp³-hybridized carbons (Fsp3) is 0.125. The van der Waals surface area contributed by atoms with Crippen LogP contribution < -0.4 is 16.6 Å². The summed E-state index contributed by atoms with van der Waals surface area (Å²) < 4.78 is 0. The van der Waals surface area contributed by atoms with Crippen molar-refractivity contribution >= 4 is 11.7 Å². The standard InChI is InChI=1S/C8H11N3O/c1-6-2-4-7(5-3-6)11(10)8(9)12/h2-5H,10H2,1H3,(H2,9,12). The minimum Gasteiger partial charge on any atom is -0.350 e. The van der Waals surface area contributed by atoms with Crippen LogP contribution in [0.25, 0.3) is 0 Å². The molecule has 4 heteroatoms. The van der Waals surface area contributed by atoms with Gasteiger partial charge in [-0.1, -0.05) is 17.7 Å². The summed E-state index contributed by atoms with van der Waals surface area (Å²) >= 11 is 0. The van der Waals surface area contributed by atoms with Gasteiger partial charge in [0, 0.05) is 0 Å². The summed E-state index contributed by atoms with van der Waals surface area (Å²) in [6.45, 7) is 1.95. The van der Waals surface area contributed by atoms with Crippen LogP contribution in [-0.2, 0) is 0 Å². The van der Waals surface area contributed by atoms with Crippen molar-refractivity contribution in [3.05, 3.63) is 29.8 Å². The Labute approximate surface area is 70.7 Å². The van der Waals surface area contributed by atoms with Crippen molar-refractivity contribution in [3.63, 3.8) is 0 Å². The van der Waals surface area contributed by atoms with Gasteiger partial charge in [-0.25, -0.2) is 15.6 Å². The van der Waals surface area contributed by atoms with Crippen LogP contribution >= 0.6 is 0 Å². The third kappa shape index (κ3) is 1.73. The first-order valence-electron chi connectivity index (χ1n) is 3.52. The molecular weight excluding hydrogens is 154 g/mol. The average molecular weight is 165 g/mol. The first kappa shape index (κ1) is 8.55. The van der Waals surface area contributed by atoms with Gasteiger partial charge in [-0.3, -0.25) is 0 Å². The van der Waals surface area contributed by atoms with Gasteiger partial charge in [-0.2, -0.15) is 0 Å². The maximum absolute atomic E-state index is 10.6. The first-order valence-corrected chi connectivity index (χ1v) is 3.52. The second-order valence-electron chi connectivity index (χ2n) is 2.54. The maximum Gasteiger partial charge on any atom is 0.333 e. The van der Waals surface area contributed by atoms with Crippen molar-refractivity contribution in [1.82, 2.24) is 0 Å². The molecule has 0 aliphatic heterocycles. The van der Waals surface area contributed by atoms with Gasteiger partial charge in [-0.05, 0) is 19.1 Å². The van der Waals surface area contributed by atoms with Gasteiger partial charge in [0.15, 0.2) is 0 Å². The minimum absolute atomic E-state index is 0.591. The number of rotatable bonds is 1. The van der Waals surface area contributed by atoms with E-state index in [2.05, 4.69) is 0 Å². The lowest BCUT2D eigenvalue weighted by Crippen LogP contribution is -2.41. The molecule has 12 heavy (non-hydrogen) atoms. The largest absolute Gasteiger partial charge is 0.350 e.